The molecule has 0 atom stereocenters. The van der Waals surface area contributed by atoms with Crippen LogP contribution >= 0.6 is 0 Å². The highest BCUT2D eigenvalue weighted by Crippen LogP contribution is 2.28. The van der Waals surface area contributed by atoms with Gasteiger partial charge in [0.05, 0.1) is 0 Å². The van der Waals surface area contributed by atoms with Gasteiger partial charge in [0.2, 0.25) is 0 Å². The zero-order valence-electron chi connectivity index (χ0n) is 22.2. The van der Waals surface area contributed by atoms with Gasteiger partial charge in [-0.1, -0.05) is 52.3 Å². The minimum atomic E-state index is -3.38. The Morgan fingerprint density at radius 3 is 1.37 bits per heavy atom. The third kappa shape index (κ3) is 12.3. The molecular weight excluding hydrogens is 472 g/mol. The summed E-state index contributed by atoms with van der Waals surface area (Å²) in [5.41, 5.74) is -1.12. The molecule has 0 aliphatic rings. The maximum absolute atomic E-state index is 12.2. The van der Waals surface area contributed by atoms with Gasteiger partial charge >= 0.3 is 26.7 Å². The first-order valence-corrected chi connectivity index (χ1v) is 13.6. The first-order chi connectivity index (χ1) is 16.4. The summed E-state index contributed by atoms with van der Waals surface area (Å²) in [5, 5.41) is 0. The molecule has 0 bridgehead atoms. The molecule has 0 aromatic heterocycles. The largest absolute Gasteiger partial charge is 0.501 e. The van der Waals surface area contributed by atoms with Crippen molar-refractivity contribution >= 4 is 26.7 Å². The van der Waals surface area contributed by atoms with Gasteiger partial charge in [-0.25, -0.2) is 14.4 Å². The molecule has 200 valence electrons. The molecule has 10 heteroatoms. The summed E-state index contributed by atoms with van der Waals surface area (Å²) in [6.07, 6.45) is 5.00. The smallest absolute Gasteiger partial charge is 0.459 e. The molecule has 0 radical (unpaired) electrons. The van der Waals surface area contributed by atoms with Crippen molar-refractivity contribution < 1.29 is 41.9 Å². The third-order valence-electron chi connectivity index (χ3n) is 5.02. The Kier molecular flexibility index (Phi) is 15.3. The van der Waals surface area contributed by atoms with Crippen LogP contribution in [0.15, 0.2) is 36.5 Å². The lowest BCUT2D eigenvalue weighted by Crippen LogP contribution is -2.58. The van der Waals surface area contributed by atoms with Crippen molar-refractivity contribution in [1.82, 2.24) is 0 Å². The topological polar surface area (TPSA) is 107 Å². The van der Waals surface area contributed by atoms with Crippen LogP contribution in [0.2, 0.25) is 6.04 Å². The van der Waals surface area contributed by atoms with Gasteiger partial charge in [-0.2, -0.15) is 0 Å². The zero-order chi connectivity index (χ0) is 27.1. The van der Waals surface area contributed by atoms with E-state index in [9.17, 15) is 14.4 Å². The molecule has 0 heterocycles. The van der Waals surface area contributed by atoms with Crippen LogP contribution in [0.5, 0.6) is 0 Å². The van der Waals surface area contributed by atoms with E-state index in [4.69, 9.17) is 27.5 Å². The van der Waals surface area contributed by atoms with Crippen molar-refractivity contribution in [3.8, 4) is 0 Å². The lowest BCUT2D eigenvalue weighted by Gasteiger charge is -2.39. The molecule has 0 saturated carbocycles. The van der Waals surface area contributed by atoms with Gasteiger partial charge in [0.1, 0.15) is 19.8 Å². The molecule has 0 fully saturated rings. The van der Waals surface area contributed by atoms with Gasteiger partial charge in [-0.15, -0.1) is 0 Å². The van der Waals surface area contributed by atoms with E-state index in [0.29, 0.717) is 6.04 Å². The van der Waals surface area contributed by atoms with Gasteiger partial charge < -0.3 is 27.5 Å². The van der Waals surface area contributed by atoms with Crippen molar-refractivity contribution in [3.05, 3.63) is 36.5 Å². The Morgan fingerprint density at radius 2 is 1.06 bits per heavy atom. The summed E-state index contributed by atoms with van der Waals surface area (Å²) < 4.78 is 34.0. The first kappa shape index (κ1) is 32.7. The molecule has 0 unspecified atom stereocenters. The highest BCUT2D eigenvalue weighted by Gasteiger charge is 2.50. The fraction of sp³-hybridized carbons (Fsp3) is 0.640. The van der Waals surface area contributed by atoms with Gasteiger partial charge in [0, 0.05) is 37.0 Å². The molecule has 0 amide bonds. The number of carbonyl (C=O) groups excluding carboxylic acids is 3. The second-order valence-electron chi connectivity index (χ2n) is 8.61. The van der Waals surface area contributed by atoms with Crippen LogP contribution in [0.3, 0.4) is 0 Å². The van der Waals surface area contributed by atoms with E-state index >= 15 is 0 Å². The molecule has 0 aromatic rings. The third-order valence-corrected chi connectivity index (χ3v) is 7.98. The van der Waals surface area contributed by atoms with Crippen LogP contribution in [-0.4, -0.2) is 66.4 Å². The molecule has 0 rings (SSSR count). The summed E-state index contributed by atoms with van der Waals surface area (Å²) >= 11 is 0. The van der Waals surface area contributed by atoms with Crippen LogP contribution < -0.4 is 0 Å². The minimum absolute atomic E-state index is 0.162. The number of hydrogen-bond donors (Lipinski definition) is 0. The second kappa shape index (κ2) is 16.4. The van der Waals surface area contributed by atoms with Crippen LogP contribution in [-0.2, 0) is 41.9 Å². The fourth-order valence-electron chi connectivity index (χ4n) is 2.87. The van der Waals surface area contributed by atoms with Crippen LogP contribution in [0, 0.1) is 0 Å². The lowest BCUT2D eigenvalue weighted by atomic mass is 10.1. The van der Waals surface area contributed by atoms with Gasteiger partial charge in [-0.3, -0.25) is 0 Å². The number of hydrogen-bond acceptors (Lipinski definition) is 9. The van der Waals surface area contributed by atoms with E-state index in [-0.39, 0.29) is 16.7 Å². The Bertz CT molecular complexity index is 682. The summed E-state index contributed by atoms with van der Waals surface area (Å²) in [5.74, 6) is -2.05. The molecule has 0 N–H and O–H groups in total. The summed E-state index contributed by atoms with van der Waals surface area (Å²) in [7, 11) is -0.449. The van der Waals surface area contributed by atoms with Gasteiger partial charge in [0.25, 0.3) is 0 Å². The quantitative estimate of drug-likeness (QED) is 0.0819. The molecule has 35 heavy (non-hydrogen) atoms. The van der Waals surface area contributed by atoms with E-state index in [1.807, 2.05) is 0 Å². The number of esters is 3. The van der Waals surface area contributed by atoms with Gasteiger partial charge in [-0.05, 0) is 27.2 Å². The standard InChI is InChI=1S/C25H42O9Si/c1-10-11-12-13-14-15-35(29-8,30-9)34-25(16-31-22(26)19(2)3,17-32-23(27)20(4)5)18-33-24(28)21(6)7/h2,4,6,10-18H2,1,3,5,7-9H3. The maximum Gasteiger partial charge on any atom is 0.501 e. The predicted molar refractivity (Wildman–Crippen MR) is 134 cm³/mol. The average Bonchev–Trinajstić information content (AvgIpc) is 2.82. The Balaban J connectivity index is 6.10. The number of carbonyl (C=O) groups is 3. The van der Waals surface area contributed by atoms with Crippen LogP contribution in [0.25, 0.3) is 0 Å². The Hall–Kier alpha value is -2.27. The number of ether oxygens (including phenoxy) is 3. The van der Waals surface area contributed by atoms with Crippen molar-refractivity contribution in [2.75, 3.05) is 34.0 Å². The first-order valence-electron chi connectivity index (χ1n) is 11.7. The maximum atomic E-state index is 12.2. The van der Waals surface area contributed by atoms with Crippen LogP contribution in [0.4, 0.5) is 0 Å². The van der Waals surface area contributed by atoms with E-state index in [0.717, 1.165) is 32.1 Å². The summed E-state index contributed by atoms with van der Waals surface area (Å²) in [6, 6.07) is 0.461. The molecule has 0 aliphatic heterocycles. The van der Waals surface area contributed by atoms with E-state index in [1.54, 1.807) is 0 Å². The Morgan fingerprint density at radius 1 is 0.686 bits per heavy atom. The summed E-state index contributed by atoms with van der Waals surface area (Å²) in [6.45, 7) is 16.1. The number of unbranched alkanes of at least 4 members (excludes halogenated alkanes) is 4. The monoisotopic (exact) mass is 514 g/mol. The van der Waals surface area contributed by atoms with Crippen molar-refractivity contribution in [2.24, 2.45) is 0 Å². The van der Waals surface area contributed by atoms with E-state index < -0.39 is 52.1 Å². The summed E-state index contributed by atoms with van der Waals surface area (Å²) in [4.78, 5) is 36.6. The Labute approximate surface area is 210 Å². The highest BCUT2D eigenvalue weighted by molar-refractivity contribution is 6.60. The molecule has 0 spiro atoms. The molecule has 9 nitrogen and oxygen atoms in total. The van der Waals surface area contributed by atoms with E-state index in [2.05, 4.69) is 26.7 Å². The minimum Gasteiger partial charge on any atom is -0.459 e. The van der Waals surface area contributed by atoms with Crippen LogP contribution in [0.1, 0.15) is 59.8 Å². The number of rotatable bonds is 19. The molecule has 0 aromatic carbocycles. The van der Waals surface area contributed by atoms with Crippen molar-refractivity contribution in [3.63, 3.8) is 0 Å². The zero-order valence-corrected chi connectivity index (χ0v) is 23.2. The van der Waals surface area contributed by atoms with Crippen molar-refractivity contribution in [1.29, 1.82) is 0 Å². The van der Waals surface area contributed by atoms with Gasteiger partial charge in [0.15, 0.2) is 5.60 Å². The molecule has 0 aliphatic carbocycles. The van der Waals surface area contributed by atoms with E-state index in [1.165, 1.54) is 35.0 Å². The molecule has 0 saturated heterocycles. The van der Waals surface area contributed by atoms with Crippen molar-refractivity contribution in [2.45, 2.75) is 71.4 Å². The fourth-order valence-corrected chi connectivity index (χ4v) is 5.23. The molecular formula is C25H42O9Si. The average molecular weight is 515 g/mol. The normalized spacial score (nSPS) is 11.5. The SMILES string of the molecule is C=C(C)C(=O)OCC(COC(=O)C(=C)C)(COC(=O)C(=C)C)O[Si](CCCCCCC)(OC)OC. The predicted octanol–water partition coefficient (Wildman–Crippen LogP) is 4.30. The lowest BCUT2D eigenvalue weighted by molar-refractivity contribution is -0.173. The highest BCUT2D eigenvalue weighted by atomic mass is 28.4. The second-order valence-corrected chi connectivity index (χ2v) is 11.5.